The van der Waals surface area contributed by atoms with Gasteiger partial charge in [-0.3, -0.25) is 4.98 Å². The minimum atomic E-state index is -0.343. The number of halogens is 1. The maximum absolute atomic E-state index is 6.66. The summed E-state index contributed by atoms with van der Waals surface area (Å²) in [6.45, 7) is 0. The van der Waals surface area contributed by atoms with E-state index in [1.807, 2.05) is 24.4 Å². The standard InChI is InChI=1S/C16H17BrN2O/c1-20-14-5-2-11-6-7-16(18,15(11)8-14)9-13-4-3-12(17)10-19-13/h2-5,8,10H,6-7,9,18H2,1H3. The van der Waals surface area contributed by atoms with Crippen LogP contribution in [0.3, 0.4) is 0 Å². The fourth-order valence-electron chi connectivity index (χ4n) is 2.87. The molecule has 1 heterocycles. The number of nitrogens with zero attached hydrogens (tertiary/aromatic N) is 1. The first-order chi connectivity index (χ1) is 9.60. The quantitative estimate of drug-likeness (QED) is 0.938. The van der Waals surface area contributed by atoms with Crippen LogP contribution in [-0.4, -0.2) is 12.1 Å². The van der Waals surface area contributed by atoms with Crippen molar-refractivity contribution in [3.8, 4) is 5.75 Å². The molecule has 1 aromatic heterocycles. The van der Waals surface area contributed by atoms with Crippen LogP contribution in [0, 0.1) is 0 Å². The van der Waals surface area contributed by atoms with E-state index in [1.165, 1.54) is 11.1 Å². The van der Waals surface area contributed by atoms with E-state index in [0.29, 0.717) is 0 Å². The third-order valence-corrected chi connectivity index (χ3v) is 4.45. The zero-order chi connectivity index (χ0) is 14.2. The number of hydrogen-bond acceptors (Lipinski definition) is 3. The van der Waals surface area contributed by atoms with Crippen molar-refractivity contribution in [1.82, 2.24) is 4.98 Å². The minimum Gasteiger partial charge on any atom is -0.497 e. The number of rotatable bonds is 3. The second-order valence-corrected chi connectivity index (χ2v) is 6.24. The van der Waals surface area contributed by atoms with Crippen LogP contribution in [-0.2, 0) is 18.4 Å². The second kappa shape index (κ2) is 5.19. The molecule has 0 amide bonds. The summed E-state index contributed by atoms with van der Waals surface area (Å²) in [5.41, 5.74) is 9.85. The summed E-state index contributed by atoms with van der Waals surface area (Å²) in [5, 5.41) is 0. The Morgan fingerprint density at radius 3 is 2.90 bits per heavy atom. The Labute approximate surface area is 127 Å². The average Bonchev–Trinajstić information content (AvgIpc) is 2.78. The van der Waals surface area contributed by atoms with Crippen LogP contribution >= 0.6 is 15.9 Å². The molecule has 0 bridgehead atoms. The topological polar surface area (TPSA) is 48.1 Å². The summed E-state index contributed by atoms with van der Waals surface area (Å²) >= 11 is 3.41. The summed E-state index contributed by atoms with van der Waals surface area (Å²) in [6.07, 6.45) is 4.54. The van der Waals surface area contributed by atoms with Gasteiger partial charge in [-0.25, -0.2) is 0 Å². The molecule has 20 heavy (non-hydrogen) atoms. The Morgan fingerprint density at radius 1 is 1.35 bits per heavy atom. The van der Waals surface area contributed by atoms with Gasteiger partial charge in [0.25, 0.3) is 0 Å². The first kappa shape index (κ1) is 13.6. The first-order valence-electron chi connectivity index (χ1n) is 6.67. The Kier molecular flexibility index (Phi) is 3.52. The molecular formula is C16H17BrN2O. The number of hydrogen-bond donors (Lipinski definition) is 1. The van der Waals surface area contributed by atoms with E-state index in [0.717, 1.165) is 35.2 Å². The molecule has 0 saturated carbocycles. The molecule has 0 spiro atoms. The number of fused-ring (bicyclic) bond motifs is 1. The van der Waals surface area contributed by atoms with Crippen molar-refractivity contribution < 1.29 is 4.74 Å². The van der Waals surface area contributed by atoms with Crippen LogP contribution in [0.15, 0.2) is 41.0 Å². The van der Waals surface area contributed by atoms with Crippen LogP contribution < -0.4 is 10.5 Å². The van der Waals surface area contributed by atoms with Crippen LogP contribution in [0.25, 0.3) is 0 Å². The molecule has 2 aromatic rings. The van der Waals surface area contributed by atoms with E-state index < -0.39 is 0 Å². The predicted octanol–water partition coefficient (Wildman–Crippen LogP) is 3.20. The molecule has 104 valence electrons. The van der Waals surface area contributed by atoms with Crippen LogP contribution in [0.1, 0.15) is 23.2 Å². The number of aryl methyl sites for hydroxylation is 1. The molecule has 1 atom stereocenters. The Morgan fingerprint density at radius 2 is 2.20 bits per heavy atom. The Hall–Kier alpha value is -1.39. The highest BCUT2D eigenvalue weighted by Gasteiger charge is 2.35. The number of aromatic nitrogens is 1. The van der Waals surface area contributed by atoms with Crippen molar-refractivity contribution in [3.63, 3.8) is 0 Å². The normalized spacial score (nSPS) is 20.8. The predicted molar refractivity (Wildman–Crippen MR) is 82.8 cm³/mol. The third kappa shape index (κ3) is 2.45. The zero-order valence-corrected chi connectivity index (χ0v) is 13.0. The van der Waals surface area contributed by atoms with E-state index in [9.17, 15) is 0 Å². The molecule has 0 radical (unpaired) electrons. The molecule has 0 aliphatic heterocycles. The van der Waals surface area contributed by atoms with E-state index >= 15 is 0 Å². The number of benzene rings is 1. The molecule has 2 N–H and O–H groups in total. The van der Waals surface area contributed by atoms with Crippen molar-refractivity contribution in [2.75, 3.05) is 7.11 Å². The largest absolute Gasteiger partial charge is 0.497 e. The number of methoxy groups -OCH3 is 1. The lowest BCUT2D eigenvalue weighted by Gasteiger charge is -2.25. The molecule has 4 heteroatoms. The monoisotopic (exact) mass is 332 g/mol. The van der Waals surface area contributed by atoms with E-state index in [2.05, 4.69) is 33.0 Å². The maximum atomic E-state index is 6.66. The summed E-state index contributed by atoms with van der Waals surface area (Å²) in [7, 11) is 1.69. The van der Waals surface area contributed by atoms with Gasteiger partial charge in [-0.2, -0.15) is 0 Å². The van der Waals surface area contributed by atoms with Crippen molar-refractivity contribution in [2.45, 2.75) is 24.8 Å². The average molecular weight is 333 g/mol. The van der Waals surface area contributed by atoms with Gasteiger partial charge in [-0.05, 0) is 64.2 Å². The van der Waals surface area contributed by atoms with Gasteiger partial charge < -0.3 is 10.5 Å². The highest BCUT2D eigenvalue weighted by atomic mass is 79.9. The van der Waals surface area contributed by atoms with Crippen molar-refractivity contribution in [3.05, 3.63) is 57.8 Å². The lowest BCUT2D eigenvalue weighted by atomic mass is 9.88. The van der Waals surface area contributed by atoms with E-state index in [4.69, 9.17) is 10.5 Å². The van der Waals surface area contributed by atoms with Gasteiger partial charge in [0.2, 0.25) is 0 Å². The molecule has 0 saturated heterocycles. The van der Waals surface area contributed by atoms with Crippen molar-refractivity contribution in [2.24, 2.45) is 5.73 Å². The first-order valence-corrected chi connectivity index (χ1v) is 7.47. The lowest BCUT2D eigenvalue weighted by Crippen LogP contribution is -2.36. The Balaban J connectivity index is 1.93. The molecule has 1 aromatic carbocycles. The van der Waals surface area contributed by atoms with Crippen LogP contribution in [0.5, 0.6) is 5.75 Å². The van der Waals surface area contributed by atoms with Gasteiger partial charge in [-0.1, -0.05) is 6.07 Å². The van der Waals surface area contributed by atoms with Gasteiger partial charge in [0.1, 0.15) is 5.75 Å². The summed E-state index contributed by atoms with van der Waals surface area (Å²) in [5.74, 6) is 0.865. The summed E-state index contributed by atoms with van der Waals surface area (Å²) in [6, 6.07) is 10.2. The molecule has 1 unspecified atom stereocenters. The number of pyridine rings is 1. The molecular weight excluding hydrogens is 316 g/mol. The number of nitrogens with two attached hydrogens (primary N) is 1. The van der Waals surface area contributed by atoms with Crippen LogP contribution in [0.4, 0.5) is 0 Å². The third-order valence-electron chi connectivity index (χ3n) is 3.98. The fraction of sp³-hybridized carbons (Fsp3) is 0.312. The second-order valence-electron chi connectivity index (χ2n) is 5.32. The Bertz CT molecular complexity index is 627. The highest BCUT2D eigenvalue weighted by molar-refractivity contribution is 9.10. The van der Waals surface area contributed by atoms with Crippen LogP contribution in [0.2, 0.25) is 0 Å². The summed E-state index contributed by atoms with van der Waals surface area (Å²) in [4.78, 5) is 4.44. The van der Waals surface area contributed by atoms with Gasteiger partial charge in [-0.15, -0.1) is 0 Å². The smallest absolute Gasteiger partial charge is 0.119 e. The van der Waals surface area contributed by atoms with Gasteiger partial charge in [0, 0.05) is 28.3 Å². The zero-order valence-electron chi connectivity index (χ0n) is 11.4. The van der Waals surface area contributed by atoms with E-state index in [1.54, 1.807) is 7.11 Å². The number of ether oxygens (including phenoxy) is 1. The highest BCUT2D eigenvalue weighted by Crippen LogP contribution is 2.39. The van der Waals surface area contributed by atoms with Gasteiger partial charge >= 0.3 is 0 Å². The minimum absolute atomic E-state index is 0.343. The SMILES string of the molecule is COc1ccc2c(c1)C(N)(Cc1ccc(Br)cn1)CC2. The lowest BCUT2D eigenvalue weighted by molar-refractivity contribution is 0.406. The van der Waals surface area contributed by atoms with Gasteiger partial charge in [0.05, 0.1) is 7.11 Å². The molecule has 1 aliphatic rings. The van der Waals surface area contributed by atoms with Crippen molar-refractivity contribution in [1.29, 1.82) is 0 Å². The molecule has 0 fully saturated rings. The van der Waals surface area contributed by atoms with Gasteiger partial charge in [0.15, 0.2) is 0 Å². The fourth-order valence-corrected chi connectivity index (χ4v) is 3.11. The van der Waals surface area contributed by atoms with E-state index in [-0.39, 0.29) is 5.54 Å². The molecule has 3 nitrogen and oxygen atoms in total. The van der Waals surface area contributed by atoms with Crippen molar-refractivity contribution >= 4 is 15.9 Å². The summed E-state index contributed by atoms with van der Waals surface area (Å²) < 4.78 is 6.31. The molecule has 3 rings (SSSR count). The maximum Gasteiger partial charge on any atom is 0.119 e. The molecule has 1 aliphatic carbocycles.